The van der Waals surface area contributed by atoms with Gasteiger partial charge in [0.2, 0.25) is 0 Å². The second kappa shape index (κ2) is 6.23. The predicted molar refractivity (Wildman–Crippen MR) is 59.8 cm³/mol. The summed E-state index contributed by atoms with van der Waals surface area (Å²) in [5.74, 6) is -0.564. The van der Waals surface area contributed by atoms with Crippen LogP contribution in [0.5, 0.6) is 0 Å². The van der Waals surface area contributed by atoms with E-state index in [2.05, 4.69) is 5.32 Å². The molecule has 0 radical (unpaired) electrons. The standard InChI is InChI=1S/C12H16FNO2/c1-3-16-8-9(2)14-12(15)10-4-6-11(13)7-5-10/h4-7,9H,3,8H2,1-2H3,(H,14,15). The first-order valence-corrected chi connectivity index (χ1v) is 5.27. The molecule has 0 aliphatic rings. The average molecular weight is 225 g/mol. The maximum absolute atomic E-state index is 12.6. The number of amides is 1. The Morgan fingerprint density at radius 3 is 2.62 bits per heavy atom. The molecular weight excluding hydrogens is 209 g/mol. The molecule has 0 aliphatic heterocycles. The van der Waals surface area contributed by atoms with Gasteiger partial charge in [0.25, 0.3) is 5.91 Å². The summed E-state index contributed by atoms with van der Waals surface area (Å²) >= 11 is 0. The molecule has 0 fully saturated rings. The number of hydrogen-bond donors (Lipinski definition) is 1. The van der Waals surface area contributed by atoms with Crippen LogP contribution in [0.2, 0.25) is 0 Å². The summed E-state index contributed by atoms with van der Waals surface area (Å²) in [4.78, 5) is 11.6. The van der Waals surface area contributed by atoms with Crippen LogP contribution in [-0.2, 0) is 4.74 Å². The van der Waals surface area contributed by atoms with Gasteiger partial charge in [-0.2, -0.15) is 0 Å². The quantitative estimate of drug-likeness (QED) is 0.832. The Bertz CT molecular complexity index is 337. The minimum Gasteiger partial charge on any atom is -0.380 e. The topological polar surface area (TPSA) is 38.3 Å². The molecule has 3 nitrogen and oxygen atoms in total. The third kappa shape index (κ3) is 3.98. The van der Waals surface area contributed by atoms with Crippen molar-refractivity contribution in [1.29, 1.82) is 0 Å². The van der Waals surface area contributed by atoms with Gasteiger partial charge in [-0.15, -0.1) is 0 Å². The van der Waals surface area contributed by atoms with Crippen LogP contribution in [0.4, 0.5) is 4.39 Å². The van der Waals surface area contributed by atoms with Crippen molar-refractivity contribution in [2.24, 2.45) is 0 Å². The van der Waals surface area contributed by atoms with Crippen LogP contribution in [0.15, 0.2) is 24.3 Å². The summed E-state index contributed by atoms with van der Waals surface area (Å²) in [7, 11) is 0. The number of ether oxygens (including phenoxy) is 1. The van der Waals surface area contributed by atoms with Crippen LogP contribution in [0.25, 0.3) is 0 Å². The molecular formula is C12H16FNO2. The van der Waals surface area contributed by atoms with Crippen LogP contribution in [0, 0.1) is 5.82 Å². The molecule has 1 aromatic rings. The van der Waals surface area contributed by atoms with Crippen LogP contribution < -0.4 is 5.32 Å². The van der Waals surface area contributed by atoms with E-state index in [1.807, 2.05) is 13.8 Å². The summed E-state index contributed by atoms with van der Waals surface area (Å²) in [5.41, 5.74) is 0.449. The zero-order valence-corrected chi connectivity index (χ0v) is 9.50. The van der Waals surface area contributed by atoms with E-state index in [1.54, 1.807) is 0 Å². The Balaban J connectivity index is 2.48. The van der Waals surface area contributed by atoms with Gasteiger partial charge in [0, 0.05) is 18.2 Å². The highest BCUT2D eigenvalue weighted by Gasteiger charge is 2.09. The van der Waals surface area contributed by atoms with Crippen molar-refractivity contribution in [3.63, 3.8) is 0 Å². The number of rotatable bonds is 5. The summed E-state index contributed by atoms with van der Waals surface area (Å²) in [5, 5.41) is 2.76. The van der Waals surface area contributed by atoms with Gasteiger partial charge < -0.3 is 10.1 Å². The van der Waals surface area contributed by atoms with E-state index in [0.717, 1.165) is 0 Å². The molecule has 0 bridgehead atoms. The van der Waals surface area contributed by atoms with Crippen molar-refractivity contribution in [2.45, 2.75) is 19.9 Å². The molecule has 1 amide bonds. The number of carbonyl (C=O) groups excluding carboxylic acids is 1. The van der Waals surface area contributed by atoms with Crippen molar-refractivity contribution in [3.05, 3.63) is 35.6 Å². The second-order valence-electron chi connectivity index (χ2n) is 3.54. The molecule has 88 valence electrons. The number of halogens is 1. The van der Waals surface area contributed by atoms with E-state index in [9.17, 15) is 9.18 Å². The van der Waals surface area contributed by atoms with Crippen LogP contribution in [-0.4, -0.2) is 25.2 Å². The highest BCUT2D eigenvalue weighted by atomic mass is 19.1. The minimum absolute atomic E-state index is 0.0579. The molecule has 1 aromatic carbocycles. The zero-order valence-electron chi connectivity index (χ0n) is 9.50. The molecule has 1 rings (SSSR count). The Hall–Kier alpha value is -1.42. The van der Waals surface area contributed by atoms with Crippen molar-refractivity contribution in [1.82, 2.24) is 5.32 Å². The predicted octanol–water partition coefficient (Wildman–Crippen LogP) is 1.98. The van der Waals surface area contributed by atoms with Crippen molar-refractivity contribution in [3.8, 4) is 0 Å². The Labute approximate surface area is 94.6 Å². The lowest BCUT2D eigenvalue weighted by molar-refractivity contribution is 0.0872. The molecule has 0 saturated heterocycles. The second-order valence-corrected chi connectivity index (χ2v) is 3.54. The Morgan fingerprint density at radius 2 is 2.06 bits per heavy atom. The third-order valence-corrected chi connectivity index (χ3v) is 2.06. The van der Waals surface area contributed by atoms with Gasteiger partial charge in [-0.05, 0) is 38.1 Å². The fraction of sp³-hybridized carbons (Fsp3) is 0.417. The van der Waals surface area contributed by atoms with Gasteiger partial charge in [-0.25, -0.2) is 4.39 Å². The first kappa shape index (κ1) is 12.6. The van der Waals surface area contributed by atoms with Crippen molar-refractivity contribution >= 4 is 5.91 Å². The number of carbonyl (C=O) groups is 1. The van der Waals surface area contributed by atoms with Gasteiger partial charge >= 0.3 is 0 Å². The van der Waals surface area contributed by atoms with E-state index >= 15 is 0 Å². The lowest BCUT2D eigenvalue weighted by atomic mass is 10.2. The van der Waals surface area contributed by atoms with Crippen molar-refractivity contribution < 1.29 is 13.9 Å². The lowest BCUT2D eigenvalue weighted by Gasteiger charge is -2.13. The first-order valence-electron chi connectivity index (χ1n) is 5.27. The molecule has 0 saturated carbocycles. The number of hydrogen-bond acceptors (Lipinski definition) is 2. The lowest BCUT2D eigenvalue weighted by Crippen LogP contribution is -2.35. The number of nitrogens with one attached hydrogen (secondary N) is 1. The van der Waals surface area contributed by atoms with E-state index in [-0.39, 0.29) is 17.8 Å². The SMILES string of the molecule is CCOCC(C)NC(=O)c1ccc(F)cc1. The van der Waals surface area contributed by atoms with Gasteiger partial charge in [-0.1, -0.05) is 0 Å². The molecule has 0 spiro atoms. The molecule has 0 aromatic heterocycles. The Kier molecular flexibility index (Phi) is 4.92. The maximum Gasteiger partial charge on any atom is 0.251 e. The summed E-state index contributed by atoms with van der Waals surface area (Å²) in [6.07, 6.45) is 0. The van der Waals surface area contributed by atoms with Gasteiger partial charge in [0.1, 0.15) is 5.82 Å². The third-order valence-electron chi connectivity index (χ3n) is 2.06. The molecule has 0 aliphatic carbocycles. The fourth-order valence-electron chi connectivity index (χ4n) is 1.24. The van der Waals surface area contributed by atoms with E-state index in [1.165, 1.54) is 24.3 Å². The van der Waals surface area contributed by atoms with Gasteiger partial charge in [0.05, 0.1) is 6.61 Å². The summed E-state index contributed by atoms with van der Waals surface area (Å²) < 4.78 is 17.8. The minimum atomic E-state index is -0.348. The largest absolute Gasteiger partial charge is 0.380 e. The van der Waals surface area contributed by atoms with E-state index in [0.29, 0.717) is 18.8 Å². The van der Waals surface area contributed by atoms with Crippen LogP contribution in [0.3, 0.4) is 0 Å². The fourth-order valence-corrected chi connectivity index (χ4v) is 1.24. The zero-order chi connectivity index (χ0) is 12.0. The molecule has 0 heterocycles. The molecule has 1 N–H and O–H groups in total. The van der Waals surface area contributed by atoms with E-state index in [4.69, 9.17) is 4.74 Å². The summed E-state index contributed by atoms with van der Waals surface area (Å²) in [6.45, 7) is 4.85. The summed E-state index contributed by atoms with van der Waals surface area (Å²) in [6, 6.07) is 5.39. The highest BCUT2D eigenvalue weighted by Crippen LogP contribution is 2.02. The first-order chi connectivity index (χ1) is 7.63. The van der Waals surface area contributed by atoms with Gasteiger partial charge in [0.15, 0.2) is 0 Å². The molecule has 16 heavy (non-hydrogen) atoms. The maximum atomic E-state index is 12.6. The monoisotopic (exact) mass is 225 g/mol. The number of benzene rings is 1. The Morgan fingerprint density at radius 1 is 1.44 bits per heavy atom. The van der Waals surface area contributed by atoms with Crippen molar-refractivity contribution in [2.75, 3.05) is 13.2 Å². The highest BCUT2D eigenvalue weighted by molar-refractivity contribution is 5.94. The molecule has 4 heteroatoms. The van der Waals surface area contributed by atoms with Gasteiger partial charge in [-0.3, -0.25) is 4.79 Å². The van der Waals surface area contributed by atoms with E-state index < -0.39 is 0 Å². The van der Waals surface area contributed by atoms with Crippen LogP contribution in [0.1, 0.15) is 24.2 Å². The average Bonchev–Trinajstić information content (AvgIpc) is 2.27. The normalized spacial score (nSPS) is 12.2. The molecule has 1 unspecified atom stereocenters. The van der Waals surface area contributed by atoms with Crippen LogP contribution >= 0.6 is 0 Å². The smallest absolute Gasteiger partial charge is 0.251 e. The molecule has 1 atom stereocenters.